The topological polar surface area (TPSA) is 143 Å². The van der Waals surface area contributed by atoms with Gasteiger partial charge in [-0.25, -0.2) is 18.4 Å². The number of rotatable bonds is 10. The maximum absolute atomic E-state index is 13.0. The summed E-state index contributed by atoms with van der Waals surface area (Å²) in [5.74, 6) is -0.722. The van der Waals surface area contributed by atoms with Crippen LogP contribution in [0.5, 0.6) is 0 Å². The molecule has 0 aliphatic carbocycles. The summed E-state index contributed by atoms with van der Waals surface area (Å²) < 4.78 is 33.6. The van der Waals surface area contributed by atoms with Crippen molar-refractivity contribution in [3.63, 3.8) is 0 Å². The second kappa shape index (κ2) is 13.5. The highest BCUT2D eigenvalue weighted by Crippen LogP contribution is 2.30. The van der Waals surface area contributed by atoms with Gasteiger partial charge in [0.15, 0.2) is 0 Å². The third kappa shape index (κ3) is 8.63. The van der Waals surface area contributed by atoms with E-state index in [1.54, 1.807) is 75.6 Å². The van der Waals surface area contributed by atoms with Crippen LogP contribution in [0.2, 0.25) is 5.02 Å². The first-order chi connectivity index (χ1) is 19.9. The van der Waals surface area contributed by atoms with E-state index in [9.17, 15) is 18.0 Å². The van der Waals surface area contributed by atoms with Crippen molar-refractivity contribution in [2.24, 2.45) is 0 Å². The largest absolute Gasteiger partial charge is 0.459 e. The monoisotopic (exact) mass is 614 g/mol. The van der Waals surface area contributed by atoms with Crippen molar-refractivity contribution in [1.29, 1.82) is 0 Å². The molecule has 0 bridgehead atoms. The lowest BCUT2D eigenvalue weighted by Gasteiger charge is -2.34. The molecule has 1 aromatic heterocycles. The molecule has 2 heterocycles. The number of esters is 1. The number of benzene rings is 2. The number of nitrogens with zero attached hydrogens (tertiary/aromatic N) is 3. The molecule has 3 aromatic rings. The Morgan fingerprint density at radius 2 is 1.71 bits per heavy atom. The van der Waals surface area contributed by atoms with E-state index >= 15 is 0 Å². The predicted molar refractivity (Wildman–Crippen MR) is 161 cm³/mol. The van der Waals surface area contributed by atoms with Gasteiger partial charge in [0.1, 0.15) is 11.6 Å². The number of amides is 1. The zero-order valence-corrected chi connectivity index (χ0v) is 25.3. The van der Waals surface area contributed by atoms with E-state index in [1.807, 2.05) is 0 Å². The van der Waals surface area contributed by atoms with Crippen LogP contribution in [-0.4, -0.2) is 67.6 Å². The van der Waals surface area contributed by atoms with Gasteiger partial charge in [-0.15, -0.1) is 0 Å². The minimum absolute atomic E-state index is 0.0135. The van der Waals surface area contributed by atoms with Gasteiger partial charge in [0, 0.05) is 43.6 Å². The highest BCUT2D eigenvalue weighted by atomic mass is 35.5. The molecule has 1 fully saturated rings. The Morgan fingerprint density at radius 3 is 2.33 bits per heavy atom. The van der Waals surface area contributed by atoms with Crippen molar-refractivity contribution < 1.29 is 22.7 Å². The quantitative estimate of drug-likeness (QED) is 0.292. The van der Waals surface area contributed by atoms with Crippen molar-refractivity contribution >= 4 is 45.1 Å². The maximum atomic E-state index is 13.0. The number of anilines is 2. The lowest BCUT2D eigenvalue weighted by molar-refractivity contribution is -0.156. The molecular weight excluding hydrogens is 580 g/mol. The van der Waals surface area contributed by atoms with Crippen molar-refractivity contribution in [1.82, 2.24) is 20.0 Å². The number of carbonyl (C=O) groups is 2. The summed E-state index contributed by atoms with van der Waals surface area (Å²) in [5.41, 5.74) is 0.223. The second-order valence-electron chi connectivity index (χ2n) is 10.9. The summed E-state index contributed by atoms with van der Waals surface area (Å²) in [6.07, 6.45) is 5.12. The summed E-state index contributed by atoms with van der Waals surface area (Å²) in [7, 11) is -4.06. The zero-order valence-electron chi connectivity index (χ0n) is 23.7. The smallest absolute Gasteiger partial charge is 0.326 e. The third-order valence-corrected chi connectivity index (χ3v) is 8.24. The summed E-state index contributed by atoms with van der Waals surface area (Å²) in [6, 6.07) is 13.3. The van der Waals surface area contributed by atoms with Crippen LogP contribution in [0, 0.1) is 0 Å². The molecule has 1 aliphatic heterocycles. The average molecular weight is 615 g/mol. The summed E-state index contributed by atoms with van der Waals surface area (Å²) in [4.78, 5) is 36.5. The van der Waals surface area contributed by atoms with Gasteiger partial charge in [-0.2, -0.15) is 4.72 Å². The molecule has 2 aromatic carbocycles. The number of piperidine rings is 1. The summed E-state index contributed by atoms with van der Waals surface area (Å²) >= 11 is 6.59. The molecule has 224 valence electrons. The molecule has 11 nitrogen and oxygen atoms in total. The van der Waals surface area contributed by atoms with Crippen LogP contribution in [0.1, 0.15) is 44.0 Å². The van der Waals surface area contributed by atoms with Crippen LogP contribution < -0.4 is 20.3 Å². The van der Waals surface area contributed by atoms with Crippen LogP contribution in [0.15, 0.2) is 71.9 Å². The molecule has 0 spiro atoms. The minimum Gasteiger partial charge on any atom is -0.459 e. The van der Waals surface area contributed by atoms with E-state index in [0.717, 1.165) is 31.6 Å². The number of hydrogen-bond acceptors (Lipinski definition) is 9. The van der Waals surface area contributed by atoms with Gasteiger partial charge in [0.05, 0.1) is 15.6 Å². The number of halogens is 1. The Labute approximate surface area is 251 Å². The number of sulfonamides is 1. The predicted octanol–water partition coefficient (Wildman–Crippen LogP) is 3.63. The van der Waals surface area contributed by atoms with Crippen molar-refractivity contribution in [2.75, 3.05) is 29.9 Å². The lowest BCUT2D eigenvalue weighted by Crippen LogP contribution is -2.50. The van der Waals surface area contributed by atoms with Gasteiger partial charge >= 0.3 is 5.97 Å². The number of hydrogen-bond donors (Lipinski definition) is 3. The SMILES string of the molecule is CC(C)(C)OC(=O)[C@H](CNC(=O)c1ccc(N2CCC(Nc3ncccn3)CC2)c(Cl)c1)NS(=O)(=O)c1ccccc1. The number of ether oxygens (including phenoxy) is 1. The van der Waals surface area contributed by atoms with Gasteiger partial charge in [-0.3, -0.25) is 9.59 Å². The van der Waals surface area contributed by atoms with E-state index in [4.69, 9.17) is 16.3 Å². The molecule has 0 unspecified atom stereocenters. The summed E-state index contributed by atoms with van der Waals surface area (Å²) in [6.45, 7) is 6.21. The van der Waals surface area contributed by atoms with Crippen LogP contribution in [0.25, 0.3) is 0 Å². The molecule has 3 N–H and O–H groups in total. The molecule has 42 heavy (non-hydrogen) atoms. The van der Waals surface area contributed by atoms with Crippen LogP contribution >= 0.6 is 11.6 Å². The zero-order chi connectivity index (χ0) is 30.3. The van der Waals surface area contributed by atoms with E-state index in [2.05, 4.69) is 30.2 Å². The molecule has 1 amide bonds. The molecule has 1 aliphatic rings. The molecule has 0 radical (unpaired) electrons. The fourth-order valence-corrected chi connectivity index (χ4v) is 5.93. The highest BCUT2D eigenvalue weighted by molar-refractivity contribution is 7.89. The van der Waals surface area contributed by atoms with Crippen LogP contribution in [0.4, 0.5) is 11.6 Å². The second-order valence-corrected chi connectivity index (χ2v) is 13.0. The number of nitrogens with one attached hydrogen (secondary N) is 3. The van der Waals surface area contributed by atoms with Gasteiger partial charge in [-0.1, -0.05) is 29.8 Å². The molecule has 13 heteroatoms. The molecule has 0 saturated carbocycles. The molecule has 4 rings (SSSR count). The van der Waals surface area contributed by atoms with Crippen molar-refractivity contribution in [3.05, 3.63) is 77.6 Å². The Morgan fingerprint density at radius 1 is 1.05 bits per heavy atom. The summed E-state index contributed by atoms with van der Waals surface area (Å²) in [5, 5.41) is 6.39. The number of carbonyl (C=O) groups excluding carboxylic acids is 2. The Hall–Kier alpha value is -3.74. The standard InChI is InChI=1S/C29H35ClN6O5S/c1-29(2,3)41-27(38)24(35-42(39,40)22-8-5-4-6-9-22)19-33-26(37)20-10-11-25(23(30)18-20)36-16-12-21(13-17-36)34-28-31-14-7-15-32-28/h4-11,14-15,18,21,24,35H,12-13,16-17,19H2,1-3H3,(H,33,37)(H,31,32,34)/t24-/m0/s1. The average Bonchev–Trinajstić information content (AvgIpc) is 2.95. The minimum atomic E-state index is -4.06. The van der Waals surface area contributed by atoms with E-state index in [1.165, 1.54) is 12.1 Å². The Kier molecular flexibility index (Phi) is 10.0. The first-order valence-electron chi connectivity index (χ1n) is 13.6. The van der Waals surface area contributed by atoms with E-state index < -0.39 is 33.5 Å². The van der Waals surface area contributed by atoms with Gasteiger partial charge in [0.2, 0.25) is 16.0 Å². The molecular formula is C29H35ClN6O5S. The van der Waals surface area contributed by atoms with E-state index in [0.29, 0.717) is 11.0 Å². The van der Waals surface area contributed by atoms with Crippen molar-refractivity contribution in [3.8, 4) is 0 Å². The fourth-order valence-electron chi connectivity index (χ4n) is 4.42. The van der Waals surface area contributed by atoms with Gasteiger partial charge in [0.25, 0.3) is 5.91 Å². The fraction of sp³-hybridized carbons (Fsp3) is 0.379. The first-order valence-corrected chi connectivity index (χ1v) is 15.4. The highest BCUT2D eigenvalue weighted by Gasteiger charge is 2.30. The normalized spacial score (nSPS) is 15.1. The lowest BCUT2D eigenvalue weighted by atomic mass is 10.0. The van der Waals surface area contributed by atoms with Crippen molar-refractivity contribution in [2.45, 2.75) is 56.2 Å². The third-order valence-electron chi connectivity index (χ3n) is 6.45. The maximum Gasteiger partial charge on any atom is 0.326 e. The van der Waals surface area contributed by atoms with Gasteiger partial charge in [-0.05, 0) is 70.0 Å². The Bertz CT molecular complexity index is 1480. The molecule has 1 saturated heterocycles. The Balaban J connectivity index is 1.38. The van der Waals surface area contributed by atoms with E-state index in [-0.39, 0.29) is 23.0 Å². The molecule has 1 atom stereocenters. The van der Waals surface area contributed by atoms with Crippen LogP contribution in [-0.2, 0) is 19.6 Å². The first kappa shape index (κ1) is 31.2. The van der Waals surface area contributed by atoms with Gasteiger partial charge < -0.3 is 20.3 Å². The van der Waals surface area contributed by atoms with Crippen LogP contribution in [0.3, 0.4) is 0 Å². The number of aromatic nitrogens is 2.